The number of methoxy groups -OCH3 is 2. The molecule has 0 unspecified atom stereocenters. The fraction of sp³-hybridized carbons (Fsp3) is 0.417. The summed E-state index contributed by atoms with van der Waals surface area (Å²) in [6, 6.07) is 3.70. The zero-order valence-electron chi connectivity index (χ0n) is 9.99. The molecular formula is C12H16O4. The van der Waals surface area contributed by atoms with E-state index in [1.165, 1.54) is 14.2 Å². The van der Waals surface area contributed by atoms with Crippen LogP contribution in [0.4, 0.5) is 0 Å². The molecule has 0 fully saturated rings. The Bertz CT molecular complexity index is 385. The Hall–Kier alpha value is -1.55. The number of carbonyl (C=O) groups is 1. The smallest absolute Gasteiger partial charge is 0.341 e. The molecule has 0 atom stereocenters. The van der Waals surface area contributed by atoms with Gasteiger partial charge in [-0.1, -0.05) is 6.07 Å². The number of carbonyl (C=O) groups excluding carboxylic acids is 1. The van der Waals surface area contributed by atoms with E-state index in [1.807, 2.05) is 19.9 Å². The Labute approximate surface area is 95.1 Å². The van der Waals surface area contributed by atoms with Gasteiger partial charge in [-0.15, -0.1) is 0 Å². The lowest BCUT2D eigenvalue weighted by molar-refractivity contribution is 0.0464. The van der Waals surface area contributed by atoms with Crippen LogP contribution in [-0.4, -0.2) is 27.0 Å². The van der Waals surface area contributed by atoms with Gasteiger partial charge < -0.3 is 14.2 Å². The number of benzene rings is 1. The van der Waals surface area contributed by atoms with Crippen LogP contribution in [0.25, 0.3) is 0 Å². The van der Waals surface area contributed by atoms with Gasteiger partial charge >= 0.3 is 5.97 Å². The fourth-order valence-electron chi connectivity index (χ4n) is 1.53. The molecule has 0 saturated heterocycles. The van der Waals surface area contributed by atoms with Crippen molar-refractivity contribution in [3.8, 4) is 5.75 Å². The van der Waals surface area contributed by atoms with Gasteiger partial charge in [0.05, 0.1) is 7.11 Å². The number of rotatable bonds is 4. The van der Waals surface area contributed by atoms with E-state index in [2.05, 4.69) is 0 Å². The van der Waals surface area contributed by atoms with Gasteiger partial charge in [0.25, 0.3) is 0 Å². The van der Waals surface area contributed by atoms with E-state index in [4.69, 9.17) is 14.2 Å². The topological polar surface area (TPSA) is 44.8 Å². The number of hydrogen-bond donors (Lipinski definition) is 0. The molecule has 0 spiro atoms. The van der Waals surface area contributed by atoms with Crippen LogP contribution in [0.1, 0.15) is 21.5 Å². The molecule has 4 heteroatoms. The van der Waals surface area contributed by atoms with Crippen LogP contribution >= 0.6 is 0 Å². The van der Waals surface area contributed by atoms with Crippen molar-refractivity contribution in [2.24, 2.45) is 0 Å². The quantitative estimate of drug-likeness (QED) is 0.580. The summed E-state index contributed by atoms with van der Waals surface area (Å²) in [5.41, 5.74) is 2.30. The molecule has 88 valence electrons. The molecule has 0 aromatic heterocycles. The predicted molar refractivity (Wildman–Crippen MR) is 59.8 cm³/mol. The Morgan fingerprint density at radius 1 is 1.25 bits per heavy atom. The van der Waals surface area contributed by atoms with Crippen LogP contribution in [0.5, 0.6) is 5.75 Å². The molecule has 0 aliphatic carbocycles. The molecule has 0 N–H and O–H groups in total. The van der Waals surface area contributed by atoms with Gasteiger partial charge in [-0.2, -0.15) is 0 Å². The third kappa shape index (κ3) is 2.73. The van der Waals surface area contributed by atoms with E-state index in [0.717, 1.165) is 11.1 Å². The normalized spacial score (nSPS) is 10.0. The minimum atomic E-state index is -0.399. The number of hydrogen-bond acceptors (Lipinski definition) is 4. The molecule has 1 aromatic rings. The third-order valence-electron chi connectivity index (χ3n) is 2.17. The molecule has 0 aliphatic rings. The average Bonchev–Trinajstić information content (AvgIpc) is 2.24. The molecular weight excluding hydrogens is 208 g/mol. The van der Waals surface area contributed by atoms with Crippen molar-refractivity contribution in [2.45, 2.75) is 13.8 Å². The minimum Gasteiger partial charge on any atom is -0.467 e. The van der Waals surface area contributed by atoms with Gasteiger partial charge in [-0.25, -0.2) is 4.79 Å². The first-order chi connectivity index (χ1) is 7.60. The highest BCUT2D eigenvalue weighted by Gasteiger charge is 2.16. The first kappa shape index (κ1) is 12.5. The van der Waals surface area contributed by atoms with Gasteiger partial charge in [0.15, 0.2) is 6.79 Å². The number of esters is 1. The van der Waals surface area contributed by atoms with Crippen LogP contribution in [0.3, 0.4) is 0 Å². The summed E-state index contributed by atoms with van der Waals surface area (Å²) in [5, 5.41) is 0. The highest BCUT2D eigenvalue weighted by atomic mass is 16.7. The molecule has 0 bridgehead atoms. The van der Waals surface area contributed by atoms with Crippen LogP contribution in [0, 0.1) is 13.8 Å². The third-order valence-corrected chi connectivity index (χ3v) is 2.17. The lowest BCUT2D eigenvalue weighted by Gasteiger charge is -2.12. The van der Waals surface area contributed by atoms with Crippen molar-refractivity contribution in [1.29, 1.82) is 0 Å². The first-order valence-electron chi connectivity index (χ1n) is 4.91. The highest BCUT2D eigenvalue weighted by Crippen LogP contribution is 2.25. The van der Waals surface area contributed by atoms with Crippen LogP contribution < -0.4 is 4.74 Å². The fourth-order valence-corrected chi connectivity index (χ4v) is 1.53. The second-order valence-electron chi connectivity index (χ2n) is 3.50. The predicted octanol–water partition coefficient (Wildman–Crippen LogP) is 2.07. The Morgan fingerprint density at radius 3 is 2.50 bits per heavy atom. The van der Waals surface area contributed by atoms with Gasteiger partial charge in [0.2, 0.25) is 0 Å². The maximum absolute atomic E-state index is 11.6. The Morgan fingerprint density at radius 2 is 1.94 bits per heavy atom. The molecule has 0 heterocycles. The highest BCUT2D eigenvalue weighted by molar-refractivity contribution is 5.94. The van der Waals surface area contributed by atoms with Crippen LogP contribution in [0.2, 0.25) is 0 Å². The van der Waals surface area contributed by atoms with Crippen LogP contribution in [-0.2, 0) is 9.47 Å². The van der Waals surface area contributed by atoms with E-state index in [1.54, 1.807) is 6.07 Å². The SMILES string of the molecule is COCOc1cc(C)cc(C)c1C(=O)OC. The summed E-state index contributed by atoms with van der Waals surface area (Å²) in [7, 11) is 2.88. The molecule has 0 aliphatic heterocycles. The lowest BCUT2D eigenvalue weighted by Crippen LogP contribution is -2.09. The van der Waals surface area contributed by atoms with Crippen molar-refractivity contribution in [3.63, 3.8) is 0 Å². The maximum atomic E-state index is 11.6. The summed E-state index contributed by atoms with van der Waals surface area (Å²) in [6.07, 6.45) is 0. The number of ether oxygens (including phenoxy) is 3. The van der Waals surface area contributed by atoms with Gasteiger partial charge in [0.1, 0.15) is 11.3 Å². The van der Waals surface area contributed by atoms with E-state index < -0.39 is 5.97 Å². The Balaban J connectivity index is 3.15. The van der Waals surface area contributed by atoms with E-state index in [9.17, 15) is 4.79 Å². The second-order valence-corrected chi connectivity index (χ2v) is 3.50. The summed E-state index contributed by atoms with van der Waals surface area (Å²) in [5.74, 6) is 0.0924. The molecule has 0 amide bonds. The summed E-state index contributed by atoms with van der Waals surface area (Å²) in [4.78, 5) is 11.6. The zero-order chi connectivity index (χ0) is 12.1. The zero-order valence-corrected chi connectivity index (χ0v) is 9.99. The van der Waals surface area contributed by atoms with Crippen molar-refractivity contribution in [2.75, 3.05) is 21.0 Å². The number of aryl methyl sites for hydroxylation is 2. The van der Waals surface area contributed by atoms with Crippen molar-refractivity contribution in [3.05, 3.63) is 28.8 Å². The second kappa shape index (κ2) is 5.51. The Kier molecular flexibility index (Phi) is 4.31. The lowest BCUT2D eigenvalue weighted by atomic mass is 10.0. The molecule has 4 nitrogen and oxygen atoms in total. The minimum absolute atomic E-state index is 0.104. The molecule has 1 rings (SSSR count). The molecule has 0 saturated carbocycles. The van der Waals surface area contributed by atoms with E-state index in [-0.39, 0.29) is 6.79 Å². The van der Waals surface area contributed by atoms with Gasteiger partial charge in [-0.3, -0.25) is 0 Å². The summed E-state index contributed by atoms with van der Waals surface area (Å²) < 4.78 is 14.9. The largest absolute Gasteiger partial charge is 0.467 e. The van der Waals surface area contributed by atoms with Gasteiger partial charge in [0, 0.05) is 7.11 Å². The standard InChI is InChI=1S/C12H16O4/c1-8-5-9(2)11(12(13)15-4)10(6-8)16-7-14-3/h5-6H,7H2,1-4H3. The van der Waals surface area contributed by atoms with E-state index >= 15 is 0 Å². The molecule has 0 radical (unpaired) electrons. The summed E-state index contributed by atoms with van der Waals surface area (Å²) >= 11 is 0. The van der Waals surface area contributed by atoms with Crippen molar-refractivity contribution in [1.82, 2.24) is 0 Å². The van der Waals surface area contributed by atoms with Crippen molar-refractivity contribution >= 4 is 5.97 Å². The van der Waals surface area contributed by atoms with Crippen molar-refractivity contribution < 1.29 is 19.0 Å². The van der Waals surface area contributed by atoms with Crippen LogP contribution in [0.15, 0.2) is 12.1 Å². The summed E-state index contributed by atoms with van der Waals surface area (Å²) in [6.45, 7) is 3.89. The molecule has 1 aromatic carbocycles. The monoisotopic (exact) mass is 224 g/mol. The first-order valence-corrected chi connectivity index (χ1v) is 4.91. The van der Waals surface area contributed by atoms with Gasteiger partial charge in [-0.05, 0) is 31.0 Å². The van der Waals surface area contributed by atoms with E-state index in [0.29, 0.717) is 11.3 Å². The maximum Gasteiger partial charge on any atom is 0.341 e. The molecule has 16 heavy (non-hydrogen) atoms. The average molecular weight is 224 g/mol.